The van der Waals surface area contributed by atoms with Crippen LogP contribution in [-0.4, -0.2) is 40.1 Å². The second-order valence-corrected chi connectivity index (χ2v) is 9.79. The molecule has 1 aliphatic carbocycles. The summed E-state index contributed by atoms with van der Waals surface area (Å²) in [5, 5.41) is 2.71. The summed E-state index contributed by atoms with van der Waals surface area (Å²) < 4.78 is 39.3. The molecule has 2 N–H and O–H groups in total. The van der Waals surface area contributed by atoms with Crippen molar-refractivity contribution in [2.45, 2.75) is 50.5 Å². The van der Waals surface area contributed by atoms with Crippen LogP contribution in [0.4, 0.5) is 5.69 Å². The zero-order valence-corrected chi connectivity index (χ0v) is 19.9. The molecule has 0 aliphatic heterocycles. The van der Waals surface area contributed by atoms with Crippen molar-refractivity contribution in [1.29, 1.82) is 0 Å². The van der Waals surface area contributed by atoms with Gasteiger partial charge in [-0.3, -0.25) is 4.79 Å². The third-order valence-corrected chi connectivity index (χ3v) is 7.30. The first-order chi connectivity index (χ1) is 15.7. The normalized spacial score (nSPS) is 18.4. The van der Waals surface area contributed by atoms with Crippen LogP contribution < -0.4 is 14.8 Å². The molecule has 0 bridgehead atoms. The largest absolute Gasteiger partial charge is 0.495 e. The molecular weight excluding hydrogens is 444 g/mol. The number of hydrogen-bond donors (Lipinski definition) is 2. The van der Waals surface area contributed by atoms with Crippen LogP contribution in [-0.2, 0) is 14.8 Å². The average molecular weight is 475 g/mol. The highest BCUT2D eigenvalue weighted by Gasteiger charge is 2.29. The minimum atomic E-state index is -3.89. The van der Waals surface area contributed by atoms with E-state index in [1.165, 1.54) is 25.3 Å². The molecule has 2 unspecified atom stereocenters. The van der Waals surface area contributed by atoms with Crippen molar-refractivity contribution in [3.63, 3.8) is 0 Å². The van der Waals surface area contributed by atoms with Crippen molar-refractivity contribution in [3.8, 4) is 5.75 Å². The molecule has 0 radical (unpaired) electrons. The number of anilines is 1. The van der Waals surface area contributed by atoms with Gasteiger partial charge in [0.15, 0.2) is 0 Å². The number of carbonyl (C=O) groups is 2. The molecule has 0 aromatic heterocycles. The summed E-state index contributed by atoms with van der Waals surface area (Å²) in [6, 6.07) is 10.4. The maximum atomic E-state index is 13.1. The molecule has 1 amide bonds. The number of rotatable bonds is 8. The average Bonchev–Trinajstić information content (AvgIpc) is 2.80. The highest BCUT2D eigenvalue weighted by Crippen LogP contribution is 2.29. The molecule has 0 heterocycles. The van der Waals surface area contributed by atoms with Gasteiger partial charge in [-0.15, -0.1) is 0 Å². The number of carbonyl (C=O) groups excluding carboxylic acids is 2. The smallest absolute Gasteiger partial charge is 0.338 e. The molecule has 8 nitrogen and oxygen atoms in total. The number of esters is 1. The van der Waals surface area contributed by atoms with Gasteiger partial charge >= 0.3 is 5.97 Å². The molecule has 3 rings (SSSR count). The van der Waals surface area contributed by atoms with Crippen LogP contribution in [0.5, 0.6) is 5.75 Å². The molecule has 1 aliphatic rings. The molecule has 9 heteroatoms. The Morgan fingerprint density at radius 1 is 1.03 bits per heavy atom. The number of amides is 1. The van der Waals surface area contributed by atoms with Crippen LogP contribution in [0.3, 0.4) is 0 Å². The van der Waals surface area contributed by atoms with Crippen molar-refractivity contribution in [2.24, 2.45) is 5.92 Å². The van der Waals surface area contributed by atoms with Gasteiger partial charge in [-0.1, -0.05) is 19.8 Å². The van der Waals surface area contributed by atoms with Crippen molar-refractivity contribution in [3.05, 3.63) is 53.6 Å². The standard InChI is InChI=1S/C24H30N2O6S/c1-4-32-24(28)17-9-12-19(13-10-17)25-23(27)18-11-14-21(31-3)22(15-18)33(29,30)26-20-8-6-5-7-16(20)2/h9-16,20,26H,4-8H2,1-3H3,(H,25,27). The van der Waals surface area contributed by atoms with E-state index in [2.05, 4.69) is 10.0 Å². The fourth-order valence-electron chi connectivity index (χ4n) is 3.89. The van der Waals surface area contributed by atoms with Crippen LogP contribution in [0.15, 0.2) is 47.4 Å². The minimum absolute atomic E-state index is 0.0758. The van der Waals surface area contributed by atoms with E-state index in [1.807, 2.05) is 6.92 Å². The third-order valence-electron chi connectivity index (χ3n) is 5.79. The number of hydrogen-bond acceptors (Lipinski definition) is 6. The summed E-state index contributed by atoms with van der Waals surface area (Å²) in [5.41, 5.74) is 1.00. The van der Waals surface area contributed by atoms with Crippen LogP contribution in [0, 0.1) is 5.92 Å². The Labute approximate surface area is 194 Å². The molecule has 2 atom stereocenters. The lowest BCUT2D eigenvalue weighted by Gasteiger charge is -2.29. The summed E-state index contributed by atoms with van der Waals surface area (Å²) in [5.74, 6) is -0.519. The summed E-state index contributed by atoms with van der Waals surface area (Å²) in [6.07, 6.45) is 3.83. The lowest BCUT2D eigenvalue weighted by molar-refractivity contribution is 0.0526. The van der Waals surface area contributed by atoms with E-state index in [0.29, 0.717) is 11.3 Å². The predicted molar refractivity (Wildman–Crippen MR) is 125 cm³/mol. The van der Waals surface area contributed by atoms with Gasteiger partial charge < -0.3 is 14.8 Å². The van der Waals surface area contributed by atoms with Crippen LogP contribution in [0.2, 0.25) is 0 Å². The fourth-order valence-corrected chi connectivity index (χ4v) is 5.46. The van der Waals surface area contributed by atoms with E-state index in [1.54, 1.807) is 31.2 Å². The summed E-state index contributed by atoms with van der Waals surface area (Å²) in [7, 11) is -2.50. The SMILES string of the molecule is CCOC(=O)c1ccc(NC(=O)c2ccc(OC)c(S(=O)(=O)NC3CCCCC3C)c2)cc1. The Hall–Kier alpha value is -2.91. The van der Waals surface area contributed by atoms with E-state index in [4.69, 9.17) is 9.47 Å². The maximum Gasteiger partial charge on any atom is 0.338 e. The summed E-state index contributed by atoms with van der Waals surface area (Å²) in [6.45, 7) is 4.04. The van der Waals surface area contributed by atoms with E-state index >= 15 is 0 Å². The monoisotopic (exact) mass is 474 g/mol. The first kappa shape index (κ1) is 24.7. The Balaban J connectivity index is 1.79. The van der Waals surface area contributed by atoms with Gasteiger partial charge in [0.25, 0.3) is 5.91 Å². The van der Waals surface area contributed by atoms with E-state index in [9.17, 15) is 18.0 Å². The van der Waals surface area contributed by atoms with Crippen molar-refractivity contribution >= 4 is 27.6 Å². The summed E-state index contributed by atoms with van der Waals surface area (Å²) >= 11 is 0. The molecule has 2 aromatic carbocycles. The van der Waals surface area contributed by atoms with Crippen LogP contribution in [0.25, 0.3) is 0 Å². The fraction of sp³-hybridized carbons (Fsp3) is 0.417. The minimum Gasteiger partial charge on any atom is -0.495 e. The van der Waals surface area contributed by atoms with Gasteiger partial charge in [0.05, 0.1) is 19.3 Å². The molecule has 0 saturated heterocycles. The van der Waals surface area contributed by atoms with Gasteiger partial charge in [-0.25, -0.2) is 17.9 Å². The Bertz CT molecular complexity index is 1100. The number of methoxy groups -OCH3 is 1. The third kappa shape index (κ3) is 6.11. The topological polar surface area (TPSA) is 111 Å². The number of nitrogens with one attached hydrogen (secondary N) is 2. The van der Waals surface area contributed by atoms with Crippen molar-refractivity contribution in [1.82, 2.24) is 4.72 Å². The number of ether oxygens (including phenoxy) is 2. The Kier molecular flexibility index (Phi) is 8.10. The quantitative estimate of drug-likeness (QED) is 0.560. The highest BCUT2D eigenvalue weighted by molar-refractivity contribution is 7.89. The Morgan fingerprint density at radius 2 is 1.70 bits per heavy atom. The lowest BCUT2D eigenvalue weighted by atomic mass is 9.87. The second kappa shape index (κ2) is 10.8. The van der Waals surface area contributed by atoms with E-state index in [-0.39, 0.29) is 34.8 Å². The molecule has 33 heavy (non-hydrogen) atoms. The van der Waals surface area contributed by atoms with Gasteiger partial charge in [0.2, 0.25) is 10.0 Å². The first-order valence-electron chi connectivity index (χ1n) is 11.0. The van der Waals surface area contributed by atoms with Gasteiger partial charge in [-0.2, -0.15) is 0 Å². The van der Waals surface area contributed by atoms with Gasteiger partial charge in [-0.05, 0) is 68.1 Å². The first-order valence-corrected chi connectivity index (χ1v) is 12.5. The second-order valence-electron chi connectivity index (χ2n) is 8.11. The van der Waals surface area contributed by atoms with Gasteiger partial charge in [0.1, 0.15) is 10.6 Å². The summed E-state index contributed by atoms with van der Waals surface area (Å²) in [4.78, 5) is 24.5. The van der Waals surface area contributed by atoms with Crippen molar-refractivity contribution in [2.75, 3.05) is 19.0 Å². The lowest BCUT2D eigenvalue weighted by Crippen LogP contribution is -2.41. The van der Waals surface area contributed by atoms with Crippen LogP contribution >= 0.6 is 0 Å². The highest BCUT2D eigenvalue weighted by atomic mass is 32.2. The molecule has 0 spiro atoms. The zero-order valence-electron chi connectivity index (χ0n) is 19.1. The molecular formula is C24H30N2O6S. The molecule has 1 fully saturated rings. The maximum absolute atomic E-state index is 13.1. The molecule has 1 saturated carbocycles. The molecule has 178 valence electrons. The van der Waals surface area contributed by atoms with E-state index < -0.39 is 21.9 Å². The van der Waals surface area contributed by atoms with Gasteiger partial charge in [0, 0.05) is 17.3 Å². The number of benzene rings is 2. The van der Waals surface area contributed by atoms with E-state index in [0.717, 1.165) is 25.7 Å². The number of sulfonamides is 1. The zero-order chi connectivity index (χ0) is 24.0. The molecule has 2 aromatic rings. The van der Waals surface area contributed by atoms with Crippen LogP contribution in [0.1, 0.15) is 60.2 Å². The predicted octanol–water partition coefficient (Wildman–Crippen LogP) is 3.98. The Morgan fingerprint density at radius 3 is 2.33 bits per heavy atom. The van der Waals surface area contributed by atoms with Crippen molar-refractivity contribution < 1.29 is 27.5 Å².